The Kier molecular flexibility index (Phi) is 2.58. The molecule has 7 nitrogen and oxygen atoms in total. The van der Waals surface area contributed by atoms with Crippen molar-refractivity contribution in [2.45, 2.75) is 31.6 Å². The second-order valence-electron chi connectivity index (χ2n) is 4.49. The lowest BCUT2D eigenvalue weighted by atomic mass is 10.00. The molecule has 0 aliphatic heterocycles. The molecule has 2 aromatic rings. The molecule has 1 saturated carbocycles. The van der Waals surface area contributed by atoms with Crippen molar-refractivity contribution in [2.24, 2.45) is 0 Å². The lowest BCUT2D eigenvalue weighted by molar-refractivity contribution is 0.436. The fraction of sp³-hybridized carbons (Fsp3) is 0.455. The van der Waals surface area contributed by atoms with Gasteiger partial charge in [0, 0.05) is 0 Å². The third-order valence-electron chi connectivity index (χ3n) is 3.36. The summed E-state index contributed by atoms with van der Waals surface area (Å²) < 4.78 is 0. The zero-order valence-electron chi connectivity index (χ0n) is 9.68. The molecule has 3 N–H and O–H groups in total. The highest BCUT2D eigenvalue weighted by atomic mass is 16.3. The number of aromatic nitrogens is 5. The zero-order valence-corrected chi connectivity index (χ0v) is 9.68. The molecular weight excluding hydrogens is 234 g/mol. The number of nitrogens with zero attached hydrogens (tertiary/aromatic N) is 3. The SMILES string of the molecule is O=c1[nH]c(-c2cn[nH]n2)nc(O)c1C1CCCC1. The molecule has 3 rings (SSSR count). The third kappa shape index (κ3) is 1.77. The predicted molar refractivity (Wildman–Crippen MR) is 63.1 cm³/mol. The summed E-state index contributed by atoms with van der Waals surface area (Å²) in [7, 11) is 0. The summed E-state index contributed by atoms with van der Waals surface area (Å²) in [5.74, 6) is 0.157. The van der Waals surface area contributed by atoms with E-state index in [9.17, 15) is 9.90 Å². The van der Waals surface area contributed by atoms with Gasteiger partial charge in [-0.15, -0.1) is 0 Å². The fourth-order valence-corrected chi connectivity index (χ4v) is 2.49. The minimum atomic E-state index is -0.285. The summed E-state index contributed by atoms with van der Waals surface area (Å²) in [5, 5.41) is 19.8. The summed E-state index contributed by atoms with van der Waals surface area (Å²) in [5.41, 5.74) is 0.521. The van der Waals surface area contributed by atoms with Gasteiger partial charge in [-0.2, -0.15) is 20.4 Å². The molecule has 0 atom stereocenters. The Morgan fingerprint density at radius 1 is 1.33 bits per heavy atom. The van der Waals surface area contributed by atoms with Crippen LogP contribution in [0.25, 0.3) is 11.5 Å². The molecule has 1 fully saturated rings. The van der Waals surface area contributed by atoms with Crippen LogP contribution in [0.4, 0.5) is 0 Å². The molecule has 2 aromatic heterocycles. The lowest BCUT2D eigenvalue weighted by Crippen LogP contribution is -2.17. The van der Waals surface area contributed by atoms with Crippen molar-refractivity contribution < 1.29 is 5.11 Å². The van der Waals surface area contributed by atoms with Crippen molar-refractivity contribution in [3.8, 4) is 17.4 Å². The second kappa shape index (κ2) is 4.25. The van der Waals surface area contributed by atoms with Crippen LogP contribution in [0.5, 0.6) is 5.88 Å². The number of H-pyrrole nitrogens is 2. The first-order chi connectivity index (χ1) is 8.75. The van der Waals surface area contributed by atoms with Gasteiger partial charge < -0.3 is 10.1 Å². The Bertz CT molecular complexity index is 598. The van der Waals surface area contributed by atoms with E-state index >= 15 is 0 Å². The molecule has 0 unspecified atom stereocenters. The molecule has 1 aliphatic rings. The van der Waals surface area contributed by atoms with Gasteiger partial charge in [-0.25, -0.2) is 0 Å². The minimum absolute atomic E-state index is 0.118. The van der Waals surface area contributed by atoms with Gasteiger partial charge in [-0.05, 0) is 18.8 Å². The Hall–Kier alpha value is -2.18. The minimum Gasteiger partial charge on any atom is -0.493 e. The van der Waals surface area contributed by atoms with Crippen LogP contribution >= 0.6 is 0 Å². The molecule has 0 saturated heterocycles. The normalized spacial score (nSPS) is 16.2. The van der Waals surface area contributed by atoms with E-state index in [-0.39, 0.29) is 23.2 Å². The van der Waals surface area contributed by atoms with Gasteiger partial charge in [0.2, 0.25) is 5.88 Å². The number of rotatable bonds is 2. The highest BCUT2D eigenvalue weighted by molar-refractivity contribution is 5.48. The smallest absolute Gasteiger partial charge is 0.258 e. The average Bonchev–Trinajstić information content (AvgIpc) is 3.01. The van der Waals surface area contributed by atoms with Crippen LogP contribution < -0.4 is 5.56 Å². The average molecular weight is 247 g/mol. The Morgan fingerprint density at radius 3 is 2.72 bits per heavy atom. The first kappa shape index (κ1) is 10.9. The molecule has 0 aromatic carbocycles. The van der Waals surface area contributed by atoms with Gasteiger partial charge in [0.05, 0.1) is 11.8 Å². The van der Waals surface area contributed by atoms with Crippen molar-refractivity contribution in [2.75, 3.05) is 0 Å². The van der Waals surface area contributed by atoms with E-state index < -0.39 is 0 Å². The van der Waals surface area contributed by atoms with Crippen LogP contribution in [0.15, 0.2) is 11.0 Å². The first-order valence-electron chi connectivity index (χ1n) is 5.95. The van der Waals surface area contributed by atoms with E-state index in [2.05, 4.69) is 25.4 Å². The Morgan fingerprint density at radius 2 is 2.11 bits per heavy atom. The molecule has 7 heteroatoms. The van der Waals surface area contributed by atoms with Gasteiger partial charge in [-0.1, -0.05) is 12.8 Å². The van der Waals surface area contributed by atoms with Gasteiger partial charge in [0.1, 0.15) is 5.69 Å². The number of aromatic hydroxyl groups is 1. The Balaban J connectivity index is 2.06. The molecule has 0 radical (unpaired) electrons. The summed E-state index contributed by atoms with van der Waals surface area (Å²) in [6.45, 7) is 0. The maximum atomic E-state index is 12.0. The van der Waals surface area contributed by atoms with Crippen LogP contribution in [0.2, 0.25) is 0 Å². The monoisotopic (exact) mass is 247 g/mol. The largest absolute Gasteiger partial charge is 0.493 e. The number of aromatic amines is 2. The third-order valence-corrected chi connectivity index (χ3v) is 3.36. The molecule has 2 heterocycles. The van der Waals surface area contributed by atoms with E-state index in [0.29, 0.717) is 11.3 Å². The van der Waals surface area contributed by atoms with Crippen LogP contribution in [0.1, 0.15) is 37.2 Å². The number of hydrogen-bond acceptors (Lipinski definition) is 5. The summed E-state index contributed by atoms with van der Waals surface area (Å²) >= 11 is 0. The Labute approximate surface area is 102 Å². The number of nitrogens with one attached hydrogen (secondary N) is 2. The molecule has 1 aliphatic carbocycles. The molecule has 18 heavy (non-hydrogen) atoms. The van der Waals surface area contributed by atoms with Crippen molar-refractivity contribution >= 4 is 0 Å². The maximum absolute atomic E-state index is 12.0. The molecule has 94 valence electrons. The van der Waals surface area contributed by atoms with E-state index in [1.54, 1.807) is 0 Å². The van der Waals surface area contributed by atoms with Crippen LogP contribution in [-0.4, -0.2) is 30.5 Å². The molecule has 0 amide bonds. The van der Waals surface area contributed by atoms with Gasteiger partial charge >= 0.3 is 0 Å². The maximum Gasteiger partial charge on any atom is 0.258 e. The topological polar surface area (TPSA) is 108 Å². The molecular formula is C11H13N5O2. The van der Waals surface area contributed by atoms with E-state index in [1.807, 2.05) is 0 Å². The van der Waals surface area contributed by atoms with Gasteiger partial charge in [0.25, 0.3) is 5.56 Å². The van der Waals surface area contributed by atoms with Crippen molar-refractivity contribution in [3.63, 3.8) is 0 Å². The van der Waals surface area contributed by atoms with Crippen LogP contribution in [-0.2, 0) is 0 Å². The molecule has 0 spiro atoms. The zero-order chi connectivity index (χ0) is 12.5. The highest BCUT2D eigenvalue weighted by Crippen LogP contribution is 2.35. The summed E-state index contributed by atoms with van der Waals surface area (Å²) in [4.78, 5) is 18.7. The van der Waals surface area contributed by atoms with Gasteiger partial charge in [0.15, 0.2) is 5.82 Å². The van der Waals surface area contributed by atoms with Crippen LogP contribution in [0.3, 0.4) is 0 Å². The quantitative estimate of drug-likeness (QED) is 0.731. The summed E-state index contributed by atoms with van der Waals surface area (Å²) in [6.07, 6.45) is 5.49. The lowest BCUT2D eigenvalue weighted by Gasteiger charge is -2.09. The summed E-state index contributed by atoms with van der Waals surface area (Å²) in [6, 6.07) is 0. The molecule has 0 bridgehead atoms. The van der Waals surface area contributed by atoms with E-state index in [4.69, 9.17) is 0 Å². The predicted octanol–water partition coefficient (Wildman–Crippen LogP) is 0.918. The first-order valence-corrected chi connectivity index (χ1v) is 5.95. The van der Waals surface area contributed by atoms with Crippen molar-refractivity contribution in [1.29, 1.82) is 0 Å². The van der Waals surface area contributed by atoms with Gasteiger partial charge in [-0.3, -0.25) is 4.79 Å². The highest BCUT2D eigenvalue weighted by Gasteiger charge is 2.25. The van der Waals surface area contributed by atoms with Crippen molar-refractivity contribution in [3.05, 3.63) is 22.1 Å². The standard InChI is InChI=1S/C11H13N5O2/c17-10-8(6-3-1-2-4-6)11(18)14-9(13-10)7-5-12-16-15-7/h5-6H,1-4H2,(H,12,15,16)(H2,13,14,17,18). The van der Waals surface area contributed by atoms with E-state index in [0.717, 1.165) is 25.7 Å². The van der Waals surface area contributed by atoms with E-state index in [1.165, 1.54) is 6.20 Å². The number of hydrogen-bond donors (Lipinski definition) is 3. The fourth-order valence-electron chi connectivity index (χ4n) is 2.49. The van der Waals surface area contributed by atoms with Crippen molar-refractivity contribution in [1.82, 2.24) is 25.4 Å². The van der Waals surface area contributed by atoms with Crippen LogP contribution in [0, 0.1) is 0 Å². The second-order valence-corrected chi connectivity index (χ2v) is 4.49.